The molecule has 0 saturated heterocycles. The molecule has 3 heteroatoms. The molecule has 0 radical (unpaired) electrons. The van der Waals surface area contributed by atoms with Crippen LogP contribution in [0.3, 0.4) is 0 Å². The van der Waals surface area contributed by atoms with Crippen LogP contribution in [0.5, 0.6) is 0 Å². The van der Waals surface area contributed by atoms with Crippen LogP contribution in [0.2, 0.25) is 0 Å². The minimum atomic E-state index is -0.0236. The van der Waals surface area contributed by atoms with Gasteiger partial charge < -0.3 is 15.2 Å². The molecular formula is C16H25NO2. The molecule has 0 aliphatic heterocycles. The lowest BCUT2D eigenvalue weighted by molar-refractivity contribution is 0.221. The topological polar surface area (TPSA) is 41.5 Å². The molecule has 0 saturated carbocycles. The number of rotatable bonds is 8. The van der Waals surface area contributed by atoms with Gasteiger partial charge in [-0.05, 0) is 24.0 Å². The Bertz CT molecular complexity index is 362. The summed E-state index contributed by atoms with van der Waals surface area (Å²) in [6.45, 7) is 4.46. The van der Waals surface area contributed by atoms with E-state index in [2.05, 4.69) is 19.2 Å². The number of methoxy groups -OCH3 is 1. The van der Waals surface area contributed by atoms with Crippen molar-refractivity contribution in [2.75, 3.05) is 13.7 Å². The molecule has 19 heavy (non-hydrogen) atoms. The van der Waals surface area contributed by atoms with E-state index in [4.69, 9.17) is 4.74 Å². The van der Waals surface area contributed by atoms with Crippen molar-refractivity contribution >= 4 is 0 Å². The molecule has 0 aliphatic carbocycles. The van der Waals surface area contributed by atoms with Crippen molar-refractivity contribution in [3.05, 3.63) is 48.2 Å². The fraction of sp³-hybridized carbons (Fsp3) is 0.500. The summed E-state index contributed by atoms with van der Waals surface area (Å²) in [5, 5.41) is 13.1. The third-order valence-electron chi connectivity index (χ3n) is 3.23. The van der Waals surface area contributed by atoms with Gasteiger partial charge in [-0.15, -0.1) is 0 Å². The van der Waals surface area contributed by atoms with Gasteiger partial charge >= 0.3 is 0 Å². The van der Waals surface area contributed by atoms with Gasteiger partial charge in [0.05, 0.1) is 26.0 Å². The summed E-state index contributed by atoms with van der Waals surface area (Å²) >= 11 is 0. The van der Waals surface area contributed by atoms with Gasteiger partial charge in [0.15, 0.2) is 0 Å². The monoisotopic (exact) mass is 263 g/mol. The second-order valence-electron chi connectivity index (χ2n) is 5.01. The van der Waals surface area contributed by atoms with Gasteiger partial charge in [-0.3, -0.25) is 0 Å². The molecule has 0 unspecified atom stereocenters. The number of hydrogen-bond donors (Lipinski definition) is 2. The molecule has 0 aromatic heterocycles. The van der Waals surface area contributed by atoms with E-state index in [1.165, 1.54) is 0 Å². The third-order valence-corrected chi connectivity index (χ3v) is 3.23. The number of aliphatic hydroxyl groups is 1. The molecule has 3 nitrogen and oxygen atoms in total. The van der Waals surface area contributed by atoms with Crippen LogP contribution < -0.4 is 5.32 Å². The summed E-state index contributed by atoms with van der Waals surface area (Å²) in [6, 6.07) is 10.3. The highest BCUT2D eigenvalue weighted by Crippen LogP contribution is 2.16. The lowest BCUT2D eigenvalue weighted by Gasteiger charge is -2.27. The van der Waals surface area contributed by atoms with Crippen molar-refractivity contribution in [1.29, 1.82) is 0 Å². The smallest absolute Gasteiger partial charge is 0.0785 e. The highest BCUT2D eigenvalue weighted by molar-refractivity contribution is 5.19. The van der Waals surface area contributed by atoms with Crippen LogP contribution in [0.25, 0.3) is 0 Å². The molecule has 106 valence electrons. The van der Waals surface area contributed by atoms with Crippen molar-refractivity contribution in [3.8, 4) is 0 Å². The van der Waals surface area contributed by atoms with E-state index >= 15 is 0 Å². The summed E-state index contributed by atoms with van der Waals surface area (Å²) in [7, 11) is 1.65. The number of hydrogen-bond acceptors (Lipinski definition) is 3. The van der Waals surface area contributed by atoms with Gasteiger partial charge in [0.1, 0.15) is 0 Å². The second-order valence-corrected chi connectivity index (χ2v) is 5.01. The van der Waals surface area contributed by atoms with Crippen LogP contribution in [-0.2, 0) is 4.74 Å². The fourth-order valence-electron chi connectivity index (χ4n) is 2.03. The highest BCUT2D eigenvalue weighted by atomic mass is 16.5. The Morgan fingerprint density at radius 2 is 1.95 bits per heavy atom. The van der Waals surface area contributed by atoms with Crippen LogP contribution in [0.4, 0.5) is 0 Å². The molecule has 0 spiro atoms. The Hall–Kier alpha value is -1.32. The zero-order valence-corrected chi connectivity index (χ0v) is 12.0. The second kappa shape index (κ2) is 8.73. The first-order valence-corrected chi connectivity index (χ1v) is 6.78. The van der Waals surface area contributed by atoms with Crippen LogP contribution >= 0.6 is 0 Å². The highest BCUT2D eigenvalue weighted by Gasteiger charge is 2.18. The molecule has 0 aliphatic rings. The molecule has 2 N–H and O–H groups in total. The number of nitrogens with one attached hydrogen (secondary N) is 1. The maximum absolute atomic E-state index is 9.58. The van der Waals surface area contributed by atoms with Crippen LogP contribution in [0.15, 0.2) is 42.7 Å². The van der Waals surface area contributed by atoms with Crippen LogP contribution in [-0.4, -0.2) is 24.9 Å². The SMILES string of the molecule is CO/C=C\C[C@H](N[C@H](CO)c1ccccc1)C(C)C. The van der Waals surface area contributed by atoms with E-state index in [1.807, 2.05) is 36.4 Å². The van der Waals surface area contributed by atoms with Crippen LogP contribution in [0, 0.1) is 5.92 Å². The first-order valence-electron chi connectivity index (χ1n) is 6.78. The van der Waals surface area contributed by atoms with E-state index in [1.54, 1.807) is 13.4 Å². The van der Waals surface area contributed by atoms with E-state index in [0.29, 0.717) is 12.0 Å². The number of aliphatic hydroxyl groups excluding tert-OH is 1. The molecule has 2 atom stereocenters. The predicted molar refractivity (Wildman–Crippen MR) is 78.8 cm³/mol. The summed E-state index contributed by atoms with van der Waals surface area (Å²) in [4.78, 5) is 0. The fourth-order valence-corrected chi connectivity index (χ4v) is 2.03. The molecule has 0 bridgehead atoms. The van der Waals surface area contributed by atoms with Gasteiger partial charge in [-0.2, -0.15) is 0 Å². The molecule has 0 amide bonds. The average Bonchev–Trinajstić information content (AvgIpc) is 2.43. The minimum Gasteiger partial charge on any atom is -0.505 e. The summed E-state index contributed by atoms with van der Waals surface area (Å²) in [6.07, 6.45) is 4.60. The average molecular weight is 263 g/mol. The van der Waals surface area contributed by atoms with Crippen molar-refractivity contribution in [2.45, 2.75) is 32.4 Å². The maximum atomic E-state index is 9.58. The minimum absolute atomic E-state index is 0.0236. The summed E-state index contributed by atoms with van der Waals surface area (Å²) < 4.78 is 4.93. The number of benzene rings is 1. The van der Waals surface area contributed by atoms with Crippen molar-refractivity contribution in [2.24, 2.45) is 5.92 Å². The largest absolute Gasteiger partial charge is 0.505 e. The molecule has 0 heterocycles. The van der Waals surface area contributed by atoms with Gasteiger partial charge in [0, 0.05) is 6.04 Å². The molecule has 1 aromatic rings. The maximum Gasteiger partial charge on any atom is 0.0785 e. The Kier molecular flexibility index (Phi) is 7.23. The third kappa shape index (κ3) is 5.45. The summed E-state index contributed by atoms with van der Waals surface area (Å²) in [5.41, 5.74) is 1.12. The van der Waals surface area contributed by atoms with E-state index in [0.717, 1.165) is 12.0 Å². The van der Waals surface area contributed by atoms with Crippen molar-refractivity contribution < 1.29 is 9.84 Å². The lowest BCUT2D eigenvalue weighted by atomic mass is 9.98. The predicted octanol–water partition coefficient (Wildman–Crippen LogP) is 2.88. The Morgan fingerprint density at radius 3 is 2.47 bits per heavy atom. The van der Waals surface area contributed by atoms with Crippen LogP contribution in [0.1, 0.15) is 31.9 Å². The Morgan fingerprint density at radius 1 is 1.26 bits per heavy atom. The zero-order valence-electron chi connectivity index (χ0n) is 12.0. The molecule has 1 rings (SSSR count). The lowest BCUT2D eigenvalue weighted by Crippen LogP contribution is -2.38. The van der Waals surface area contributed by atoms with E-state index in [-0.39, 0.29) is 12.6 Å². The van der Waals surface area contributed by atoms with Gasteiger partial charge in [0.25, 0.3) is 0 Å². The van der Waals surface area contributed by atoms with Crippen molar-refractivity contribution in [3.63, 3.8) is 0 Å². The van der Waals surface area contributed by atoms with Gasteiger partial charge in [-0.25, -0.2) is 0 Å². The quantitative estimate of drug-likeness (QED) is 0.709. The first kappa shape index (κ1) is 15.7. The zero-order chi connectivity index (χ0) is 14.1. The normalized spacial score (nSPS) is 14.8. The summed E-state index contributed by atoms with van der Waals surface area (Å²) in [5.74, 6) is 0.485. The molecular weight excluding hydrogens is 238 g/mol. The molecule has 0 fully saturated rings. The van der Waals surface area contributed by atoms with E-state index in [9.17, 15) is 5.11 Å². The van der Waals surface area contributed by atoms with Crippen molar-refractivity contribution in [1.82, 2.24) is 5.32 Å². The molecule has 1 aromatic carbocycles. The Labute approximate surface area is 116 Å². The van der Waals surface area contributed by atoms with Gasteiger partial charge in [-0.1, -0.05) is 44.2 Å². The Balaban J connectivity index is 2.67. The van der Waals surface area contributed by atoms with Gasteiger partial charge in [0.2, 0.25) is 0 Å². The first-order chi connectivity index (χ1) is 9.19. The van der Waals surface area contributed by atoms with E-state index < -0.39 is 0 Å². The number of ether oxygens (including phenoxy) is 1. The standard InChI is InChI=1S/C16H25NO2/c1-13(2)15(10-7-11-19-3)17-16(12-18)14-8-5-4-6-9-14/h4-9,11,13,15-18H,10,12H2,1-3H3/b11-7-/t15-,16+/m0/s1.